The molecule has 1 aliphatic rings. The van der Waals surface area contributed by atoms with Crippen LogP contribution < -0.4 is 5.32 Å². The summed E-state index contributed by atoms with van der Waals surface area (Å²) in [5, 5.41) is 4.52. The van der Waals surface area contributed by atoms with E-state index < -0.39 is 0 Å². The molecule has 1 aliphatic heterocycles. The number of nitrogens with one attached hydrogen (secondary N) is 1. The molecule has 0 bridgehead atoms. The molecule has 1 unspecified atom stereocenters. The summed E-state index contributed by atoms with van der Waals surface area (Å²) < 4.78 is 0. The summed E-state index contributed by atoms with van der Waals surface area (Å²) in [5.41, 5.74) is 1.75. The van der Waals surface area contributed by atoms with Gasteiger partial charge in [-0.25, -0.2) is 0 Å². The van der Waals surface area contributed by atoms with Crippen LogP contribution in [-0.2, 0) is 6.42 Å². The van der Waals surface area contributed by atoms with Gasteiger partial charge in [0.15, 0.2) is 0 Å². The van der Waals surface area contributed by atoms with Gasteiger partial charge in [0, 0.05) is 10.6 Å². The van der Waals surface area contributed by atoms with Crippen molar-refractivity contribution in [2.45, 2.75) is 44.6 Å². The Bertz CT molecular complexity index is 342. The molecule has 0 spiro atoms. The quantitative estimate of drug-likeness (QED) is 0.840. The fourth-order valence-corrected chi connectivity index (χ4v) is 2.85. The molecule has 0 radical (unpaired) electrons. The molecular weight excluding hydrogens is 218 g/mol. The van der Waals surface area contributed by atoms with Gasteiger partial charge >= 0.3 is 0 Å². The number of halogens is 1. The molecule has 0 saturated carbocycles. The largest absolute Gasteiger partial charge is 0.311 e. The monoisotopic (exact) mass is 237 g/mol. The average molecular weight is 238 g/mol. The first-order chi connectivity index (χ1) is 7.74. The molecule has 2 heteroatoms. The van der Waals surface area contributed by atoms with Gasteiger partial charge in [0.25, 0.3) is 0 Å². The number of hydrogen-bond donors (Lipinski definition) is 1. The average Bonchev–Trinajstić information content (AvgIpc) is 2.76. The van der Waals surface area contributed by atoms with Crippen LogP contribution in [0.15, 0.2) is 24.3 Å². The Hall–Kier alpha value is -0.530. The Balaban J connectivity index is 1.95. The van der Waals surface area contributed by atoms with Gasteiger partial charge in [-0.15, -0.1) is 0 Å². The minimum absolute atomic E-state index is 0.391. The summed E-state index contributed by atoms with van der Waals surface area (Å²) in [6.07, 6.45) is 6.23. The molecule has 0 amide bonds. The van der Waals surface area contributed by atoms with Gasteiger partial charge in [-0.3, -0.25) is 0 Å². The maximum Gasteiger partial charge on any atom is 0.0408 e. The highest BCUT2D eigenvalue weighted by molar-refractivity contribution is 6.30. The first-order valence-corrected chi connectivity index (χ1v) is 6.61. The van der Waals surface area contributed by atoms with Crippen LogP contribution in [0.4, 0.5) is 0 Å². The van der Waals surface area contributed by atoms with Gasteiger partial charge in [0.05, 0.1) is 0 Å². The third-order valence-electron chi connectivity index (χ3n) is 3.79. The first kappa shape index (κ1) is 11.9. The molecular formula is C14H20ClN. The Labute approximate surface area is 103 Å². The molecule has 1 nitrogen and oxygen atoms in total. The summed E-state index contributed by atoms with van der Waals surface area (Å²) in [6, 6.07) is 8.23. The predicted octanol–water partition coefficient (Wildman–Crippen LogP) is 3.80. The van der Waals surface area contributed by atoms with Crippen LogP contribution >= 0.6 is 11.6 Å². The fraction of sp³-hybridized carbons (Fsp3) is 0.571. The molecule has 16 heavy (non-hydrogen) atoms. The molecule has 2 rings (SSSR count). The van der Waals surface area contributed by atoms with E-state index >= 15 is 0 Å². The molecule has 1 fully saturated rings. The highest BCUT2D eigenvalue weighted by Gasteiger charge is 2.30. The lowest BCUT2D eigenvalue weighted by Crippen LogP contribution is -2.39. The number of rotatable bonds is 4. The second kappa shape index (κ2) is 5.20. The van der Waals surface area contributed by atoms with Crippen molar-refractivity contribution < 1.29 is 0 Å². The topological polar surface area (TPSA) is 12.0 Å². The van der Waals surface area contributed by atoms with Gasteiger partial charge in [0.2, 0.25) is 0 Å². The van der Waals surface area contributed by atoms with Crippen LogP contribution in [0.25, 0.3) is 0 Å². The summed E-state index contributed by atoms with van der Waals surface area (Å²) in [4.78, 5) is 0. The van der Waals surface area contributed by atoms with E-state index in [9.17, 15) is 0 Å². The SMILES string of the molecule is CCC1(CCc2cccc(Cl)c2)CCCN1. The second-order valence-corrected chi connectivity index (χ2v) is 5.23. The maximum atomic E-state index is 5.99. The zero-order valence-electron chi connectivity index (χ0n) is 9.93. The third kappa shape index (κ3) is 2.78. The molecule has 0 aliphatic carbocycles. The Morgan fingerprint density at radius 1 is 1.44 bits per heavy atom. The van der Waals surface area contributed by atoms with Crippen LogP contribution in [0.2, 0.25) is 5.02 Å². The van der Waals surface area contributed by atoms with Gasteiger partial charge in [0.1, 0.15) is 0 Å². The van der Waals surface area contributed by atoms with E-state index in [1.165, 1.54) is 37.8 Å². The van der Waals surface area contributed by atoms with E-state index in [0.29, 0.717) is 5.54 Å². The van der Waals surface area contributed by atoms with Crippen molar-refractivity contribution in [3.8, 4) is 0 Å². The molecule has 1 aromatic rings. The molecule has 1 aromatic carbocycles. The number of aryl methyl sites for hydroxylation is 1. The molecule has 1 saturated heterocycles. The first-order valence-electron chi connectivity index (χ1n) is 6.24. The highest BCUT2D eigenvalue weighted by Crippen LogP contribution is 2.28. The summed E-state index contributed by atoms with van der Waals surface area (Å²) in [7, 11) is 0. The summed E-state index contributed by atoms with van der Waals surface area (Å²) >= 11 is 5.99. The van der Waals surface area contributed by atoms with Crippen LogP contribution in [0.5, 0.6) is 0 Å². The lowest BCUT2D eigenvalue weighted by molar-refractivity contribution is 0.336. The lowest BCUT2D eigenvalue weighted by Gasteiger charge is -2.28. The third-order valence-corrected chi connectivity index (χ3v) is 4.03. The van der Waals surface area contributed by atoms with Gasteiger partial charge in [-0.05, 0) is 56.3 Å². The van der Waals surface area contributed by atoms with Crippen molar-refractivity contribution in [1.29, 1.82) is 0 Å². The van der Waals surface area contributed by atoms with Crippen LogP contribution in [0.1, 0.15) is 38.2 Å². The normalized spacial score (nSPS) is 24.9. The number of benzene rings is 1. The van der Waals surface area contributed by atoms with E-state index in [-0.39, 0.29) is 0 Å². The van der Waals surface area contributed by atoms with Crippen molar-refractivity contribution in [3.05, 3.63) is 34.9 Å². The molecule has 1 heterocycles. The van der Waals surface area contributed by atoms with Gasteiger partial charge < -0.3 is 5.32 Å². The minimum Gasteiger partial charge on any atom is -0.311 e. The van der Waals surface area contributed by atoms with Crippen molar-refractivity contribution in [2.24, 2.45) is 0 Å². The van der Waals surface area contributed by atoms with Gasteiger partial charge in [-0.1, -0.05) is 30.7 Å². The van der Waals surface area contributed by atoms with E-state index in [4.69, 9.17) is 11.6 Å². The molecule has 1 N–H and O–H groups in total. The molecule has 1 atom stereocenters. The maximum absolute atomic E-state index is 5.99. The van der Waals surface area contributed by atoms with E-state index in [0.717, 1.165) is 11.4 Å². The van der Waals surface area contributed by atoms with Crippen molar-refractivity contribution >= 4 is 11.6 Å². The van der Waals surface area contributed by atoms with Crippen molar-refractivity contribution in [3.63, 3.8) is 0 Å². The Morgan fingerprint density at radius 2 is 2.31 bits per heavy atom. The Morgan fingerprint density at radius 3 is 2.94 bits per heavy atom. The Kier molecular flexibility index (Phi) is 3.88. The highest BCUT2D eigenvalue weighted by atomic mass is 35.5. The second-order valence-electron chi connectivity index (χ2n) is 4.79. The smallest absolute Gasteiger partial charge is 0.0408 e. The zero-order valence-corrected chi connectivity index (χ0v) is 10.7. The number of hydrogen-bond acceptors (Lipinski definition) is 1. The lowest BCUT2D eigenvalue weighted by atomic mass is 9.87. The standard InChI is InChI=1S/C14H20ClN/c1-2-14(8-4-10-16-14)9-7-12-5-3-6-13(15)11-12/h3,5-6,11,16H,2,4,7-10H2,1H3. The van der Waals surface area contributed by atoms with Gasteiger partial charge in [-0.2, -0.15) is 0 Å². The van der Waals surface area contributed by atoms with Crippen molar-refractivity contribution in [2.75, 3.05) is 6.54 Å². The fourth-order valence-electron chi connectivity index (χ4n) is 2.64. The molecule has 88 valence electrons. The predicted molar refractivity (Wildman–Crippen MR) is 70.0 cm³/mol. The summed E-state index contributed by atoms with van der Waals surface area (Å²) in [5.74, 6) is 0. The van der Waals surface area contributed by atoms with Crippen LogP contribution in [0, 0.1) is 0 Å². The van der Waals surface area contributed by atoms with E-state index in [1.54, 1.807) is 0 Å². The van der Waals surface area contributed by atoms with E-state index in [2.05, 4.69) is 24.4 Å². The minimum atomic E-state index is 0.391. The van der Waals surface area contributed by atoms with E-state index in [1.807, 2.05) is 12.1 Å². The van der Waals surface area contributed by atoms with Crippen LogP contribution in [-0.4, -0.2) is 12.1 Å². The van der Waals surface area contributed by atoms with Crippen LogP contribution in [0.3, 0.4) is 0 Å². The molecule has 0 aromatic heterocycles. The zero-order chi connectivity index (χ0) is 11.4. The summed E-state index contributed by atoms with van der Waals surface area (Å²) in [6.45, 7) is 3.47. The van der Waals surface area contributed by atoms with Crippen molar-refractivity contribution in [1.82, 2.24) is 5.32 Å².